The highest BCUT2D eigenvalue weighted by molar-refractivity contribution is 5.89. The van der Waals surface area contributed by atoms with Crippen molar-refractivity contribution in [1.29, 1.82) is 0 Å². The summed E-state index contributed by atoms with van der Waals surface area (Å²) in [6.45, 7) is 2.21. The molecule has 6 atom stereocenters. The fraction of sp³-hybridized carbons (Fsp3) is 0.490. The molecule has 67 heavy (non-hydrogen) atoms. The number of benzene rings is 2. The monoisotopic (exact) mass is 918 g/mol. The number of allylic oxidation sites excluding steroid dienone is 8. The third kappa shape index (κ3) is 9.57. The zero-order valence-electron chi connectivity index (χ0n) is 38.1. The van der Waals surface area contributed by atoms with E-state index in [1.807, 2.05) is 13.1 Å². The van der Waals surface area contributed by atoms with E-state index < -0.39 is 36.0 Å². The highest BCUT2D eigenvalue weighted by atomic mass is 16.5. The van der Waals surface area contributed by atoms with E-state index in [2.05, 4.69) is 75.2 Å². The minimum absolute atomic E-state index is 0.0394. The lowest BCUT2D eigenvalue weighted by Gasteiger charge is -2.63. The van der Waals surface area contributed by atoms with Gasteiger partial charge in [0.1, 0.15) is 11.8 Å². The van der Waals surface area contributed by atoms with Gasteiger partial charge < -0.3 is 43.8 Å². The van der Waals surface area contributed by atoms with E-state index in [0.29, 0.717) is 57.1 Å². The Bertz CT molecular complexity index is 2610. The van der Waals surface area contributed by atoms with E-state index in [4.69, 9.17) is 30.2 Å². The fourth-order valence-electron chi connectivity index (χ4n) is 11.0. The van der Waals surface area contributed by atoms with Gasteiger partial charge in [-0.1, -0.05) is 59.8 Å². The number of nitrogens with two attached hydrogens (primary N) is 1. The predicted molar refractivity (Wildman–Crippen MR) is 249 cm³/mol. The summed E-state index contributed by atoms with van der Waals surface area (Å²) >= 11 is 0. The number of ether oxygens (including phenoxy) is 4. The van der Waals surface area contributed by atoms with Gasteiger partial charge in [-0.05, 0) is 83.4 Å². The molecule has 1 saturated carbocycles. The molecule has 18 heteroatoms. The number of likely N-dealkylation sites (N-methyl/N-ethyl adjacent to an activating group) is 2. The Morgan fingerprint density at radius 2 is 1.52 bits per heavy atom. The van der Waals surface area contributed by atoms with Crippen LogP contribution in [0.1, 0.15) is 36.3 Å². The van der Waals surface area contributed by atoms with Crippen LogP contribution < -0.4 is 21.9 Å². The number of fused-ring (bicyclic) bond motifs is 1. The summed E-state index contributed by atoms with van der Waals surface area (Å²) in [4.78, 5) is 72.0. The van der Waals surface area contributed by atoms with Crippen LogP contribution >= 0.6 is 0 Å². The first-order chi connectivity index (χ1) is 32.4. The molecule has 1 aliphatic heterocycles. The molecule has 2 heterocycles. The maximum atomic E-state index is 13.7. The number of amides is 3. The summed E-state index contributed by atoms with van der Waals surface area (Å²) in [6, 6.07) is 9.29. The lowest BCUT2D eigenvalue weighted by Crippen LogP contribution is -2.59. The van der Waals surface area contributed by atoms with Gasteiger partial charge in [0.2, 0.25) is 11.8 Å². The minimum Gasteiger partial charge on any atom is -0.484 e. The Morgan fingerprint density at radius 1 is 0.881 bits per heavy atom. The molecule has 9 rings (SSSR count). The van der Waals surface area contributed by atoms with Gasteiger partial charge in [0.15, 0.2) is 6.61 Å². The van der Waals surface area contributed by atoms with Crippen LogP contribution in [-0.4, -0.2) is 129 Å². The highest BCUT2D eigenvalue weighted by Gasteiger charge is 2.62. The third-order valence-corrected chi connectivity index (χ3v) is 14.2. The molecule has 4 unspecified atom stereocenters. The van der Waals surface area contributed by atoms with E-state index >= 15 is 0 Å². The molecule has 6 aliphatic rings. The number of anilines is 1. The topological polar surface area (TPSA) is 225 Å². The molecular formula is C49H58N8O10. The third-order valence-electron chi connectivity index (χ3n) is 14.2. The number of rotatable bonds is 20. The molecule has 0 spiro atoms. The van der Waals surface area contributed by atoms with E-state index in [9.17, 15) is 24.0 Å². The Balaban J connectivity index is 0.723. The number of nitrogens with zero attached hydrogens (tertiary/aromatic N) is 7. The van der Waals surface area contributed by atoms with Crippen molar-refractivity contribution >= 4 is 34.3 Å². The van der Waals surface area contributed by atoms with Crippen LogP contribution in [-0.2, 0) is 41.1 Å². The molecule has 3 aromatic rings. The second-order valence-electron chi connectivity index (χ2n) is 17.9. The van der Waals surface area contributed by atoms with Gasteiger partial charge in [-0.15, -0.1) is 0 Å². The van der Waals surface area contributed by atoms with Crippen LogP contribution in [0.3, 0.4) is 0 Å². The number of likely N-dealkylation sites (tertiary alicyclic amines) is 1. The second kappa shape index (κ2) is 20.6. The summed E-state index contributed by atoms with van der Waals surface area (Å²) in [5, 5.41) is 3.93. The molecule has 354 valence electrons. The molecule has 1 saturated heterocycles. The van der Waals surface area contributed by atoms with E-state index in [-0.39, 0.29) is 78.4 Å². The van der Waals surface area contributed by atoms with Crippen LogP contribution in [0.25, 0.3) is 21.3 Å². The first-order valence-electron chi connectivity index (χ1n) is 22.8. The maximum absolute atomic E-state index is 13.7. The van der Waals surface area contributed by atoms with Crippen molar-refractivity contribution in [2.75, 3.05) is 85.7 Å². The molecule has 3 amide bonds. The minimum atomic E-state index is -0.880. The van der Waals surface area contributed by atoms with Crippen molar-refractivity contribution in [1.82, 2.24) is 19.3 Å². The molecule has 0 radical (unpaired) electrons. The summed E-state index contributed by atoms with van der Waals surface area (Å²) in [7, 11) is 4.88. The first kappa shape index (κ1) is 47.0. The first-order valence-corrected chi connectivity index (χ1v) is 22.8. The Hall–Kier alpha value is -6.46. The van der Waals surface area contributed by atoms with E-state index in [1.165, 1.54) is 46.2 Å². The zero-order valence-corrected chi connectivity index (χ0v) is 38.1. The molecule has 2 bridgehead atoms. The van der Waals surface area contributed by atoms with Gasteiger partial charge in [0, 0.05) is 69.3 Å². The van der Waals surface area contributed by atoms with Crippen LogP contribution in [0, 0.1) is 23.7 Å². The number of carbonyl (C=O) groups is 3. The smallest absolute Gasteiger partial charge is 0.422 e. The number of aryl methyl sites for hydroxylation is 1. The molecule has 18 nitrogen and oxygen atoms in total. The number of nitrogen functional groups attached to an aromatic ring is 1. The number of hydrogen-bond donors (Lipinski definition) is 1. The number of carbonyl (C=O) groups excluding carboxylic acids is 3. The molecule has 1 aromatic heterocycles. The number of hydrogen-bond acceptors (Lipinski definition) is 12. The van der Waals surface area contributed by atoms with Gasteiger partial charge in [0.05, 0.1) is 56.6 Å². The van der Waals surface area contributed by atoms with Gasteiger partial charge in [-0.2, -0.15) is 0 Å². The lowest BCUT2D eigenvalue weighted by atomic mass is 9.39. The largest absolute Gasteiger partial charge is 0.484 e. The van der Waals surface area contributed by atoms with Crippen molar-refractivity contribution in [3.8, 4) is 5.75 Å². The SMILES string of the molecule is CN(CCOCCOCCOCCN(C)C(=O)[C@@H]1C[C@H](N=[N+]=[N-])CN1C(=O)COc1ccc2c(=O)oc(=O)n(C)c2c1)C(=O)CCC12c3cc(N)ccc3C(C3C=CC=CC31)C1C=CC=CC12. The molecule has 2 N–H and O–H groups in total. The molecule has 2 aromatic carbocycles. The van der Waals surface area contributed by atoms with Gasteiger partial charge in [-0.3, -0.25) is 19.0 Å². The summed E-state index contributed by atoms with van der Waals surface area (Å²) in [5.74, 6) is 0.318. The fourth-order valence-corrected chi connectivity index (χ4v) is 11.0. The average Bonchev–Trinajstić information content (AvgIpc) is 3.77. The summed E-state index contributed by atoms with van der Waals surface area (Å²) < 4.78 is 28.7. The standard InChI is InChI=1S/C49H58N8O10/c1-54(43(58)16-17-49-38-10-6-4-8-34(38)45(35-9-5-7-11-39(35)49)36-14-12-31(50)26-40(36)49)18-20-63-22-24-65-25-23-64-21-19-55(2)46(60)42-27-32(52-53-51)29-57(42)44(59)30-66-33-13-15-37-41(28-33)56(3)48(62)67-47(37)61/h4-15,26,28,32,34-35,38-39,42,45H,16-25,27,29-30,50H2,1-3H3/t32-,34?,35?,38?,39?,42-,45?,49?/m0/s1. The van der Waals surface area contributed by atoms with Gasteiger partial charge >= 0.3 is 11.4 Å². The van der Waals surface area contributed by atoms with E-state index in [1.54, 1.807) is 11.9 Å². The van der Waals surface area contributed by atoms with E-state index in [0.717, 1.165) is 16.7 Å². The predicted octanol–water partition coefficient (Wildman–Crippen LogP) is 4.24. The quantitative estimate of drug-likeness (QED) is 0.0555. The summed E-state index contributed by atoms with van der Waals surface area (Å²) in [6.07, 6.45) is 19.4. The molecular weight excluding hydrogens is 861 g/mol. The van der Waals surface area contributed by atoms with Crippen molar-refractivity contribution in [2.45, 2.75) is 42.7 Å². The van der Waals surface area contributed by atoms with Crippen LogP contribution in [0.5, 0.6) is 5.75 Å². The molecule has 5 aliphatic carbocycles. The van der Waals surface area contributed by atoms with Crippen LogP contribution in [0.2, 0.25) is 0 Å². The zero-order chi connectivity index (χ0) is 47.2. The highest BCUT2D eigenvalue weighted by Crippen LogP contribution is 2.68. The van der Waals surface area contributed by atoms with Crippen LogP contribution in [0.15, 0.2) is 104 Å². The average molecular weight is 919 g/mol. The van der Waals surface area contributed by atoms with Gasteiger partial charge in [0.25, 0.3) is 5.91 Å². The Labute approximate surface area is 387 Å². The maximum Gasteiger partial charge on any atom is 0.422 e. The van der Waals surface area contributed by atoms with Crippen molar-refractivity contribution < 1.29 is 37.7 Å². The van der Waals surface area contributed by atoms with Crippen molar-refractivity contribution in [2.24, 2.45) is 35.8 Å². The second-order valence-corrected chi connectivity index (χ2v) is 17.9. The lowest BCUT2D eigenvalue weighted by molar-refractivity contribution is -0.144. The van der Waals surface area contributed by atoms with Gasteiger partial charge in [-0.25, -0.2) is 9.59 Å². The number of azide groups is 1. The summed E-state index contributed by atoms with van der Waals surface area (Å²) in [5.41, 5.74) is 18.1. The molecule has 2 fully saturated rings. The normalized spacial score (nSPS) is 25.1. The number of aromatic nitrogens is 1. The van der Waals surface area contributed by atoms with Crippen molar-refractivity contribution in [3.63, 3.8) is 0 Å². The Kier molecular flexibility index (Phi) is 14.5. The van der Waals surface area contributed by atoms with Crippen molar-refractivity contribution in [3.05, 3.63) is 128 Å². The van der Waals surface area contributed by atoms with Crippen LogP contribution in [0.4, 0.5) is 5.69 Å². The Morgan fingerprint density at radius 3 is 2.19 bits per heavy atom.